The van der Waals surface area contributed by atoms with E-state index in [4.69, 9.17) is 9.47 Å². The number of carbonyl (C=O) groups excluding carboxylic acids is 2. The number of rotatable bonds is 10. The van der Waals surface area contributed by atoms with E-state index in [-0.39, 0.29) is 174 Å². The molecule has 1 aliphatic carbocycles. The number of fused-ring (bicyclic) bond motifs is 2. The molecule has 0 radical (unpaired) electrons. The number of hydrogen-bond donors (Lipinski definition) is 0. The first-order valence-electron chi connectivity index (χ1n) is 13.1. The van der Waals surface area contributed by atoms with Gasteiger partial charge in [-0.25, -0.2) is 0 Å². The number of halogens is 4. The number of imidazole rings is 2. The molecule has 5 rings (SSSR count). The van der Waals surface area contributed by atoms with Gasteiger partial charge in [0.05, 0.1) is 37.3 Å². The first-order chi connectivity index (χ1) is 19.3. The van der Waals surface area contributed by atoms with E-state index < -0.39 is 10.8 Å². The molecule has 9 nitrogen and oxygen atoms in total. The van der Waals surface area contributed by atoms with Crippen molar-refractivity contribution in [1.82, 2.24) is 9.13 Å². The topological polar surface area (TPSA) is 87.3 Å². The number of ketones is 2. The Morgan fingerprint density at radius 3 is 1.70 bits per heavy atom. The summed E-state index contributed by atoms with van der Waals surface area (Å²) in [6, 6.07) is 10.3. The van der Waals surface area contributed by atoms with Crippen LogP contribution in [0, 0.1) is 12.7 Å². The molecule has 0 N–H and O–H groups in total. The van der Waals surface area contributed by atoms with Crippen LogP contribution in [-0.2, 0) is 92.3 Å². The molecule has 0 atom stereocenters. The molecule has 4 aromatic rings. The van der Waals surface area contributed by atoms with Crippen molar-refractivity contribution in [2.24, 2.45) is 0 Å². The van der Waals surface area contributed by atoms with E-state index in [1.54, 1.807) is 48.9 Å². The van der Waals surface area contributed by atoms with E-state index in [0.29, 0.717) is 48.9 Å². The molecule has 0 unspecified atom stereocenters. The van der Waals surface area contributed by atoms with Crippen LogP contribution in [0.15, 0.2) is 61.2 Å². The van der Waals surface area contributed by atoms with Gasteiger partial charge in [0.2, 0.25) is 18.4 Å². The summed E-state index contributed by atoms with van der Waals surface area (Å²) >= 11 is 0. The molecule has 1 aliphatic rings. The maximum atomic E-state index is 13.7. The molecule has 0 amide bonds. The summed E-state index contributed by atoms with van der Waals surface area (Å²) in [7, 11) is -0.611. The molecule has 0 saturated carbocycles. The zero-order chi connectivity index (χ0) is 28.6. The maximum Gasteiger partial charge on any atom is 2.00 e. The van der Waals surface area contributed by atoms with Gasteiger partial charge in [-0.15, -0.1) is 0 Å². The van der Waals surface area contributed by atoms with Gasteiger partial charge in [-0.05, 0) is 50.8 Å². The quantitative estimate of drug-likeness (QED) is 0.0602. The van der Waals surface area contributed by atoms with Gasteiger partial charge in [-0.1, -0.05) is 24.3 Å². The Labute approximate surface area is 382 Å². The Bertz CT molecular complexity index is 1450. The van der Waals surface area contributed by atoms with Crippen LogP contribution in [0.4, 0.5) is 0 Å². The summed E-state index contributed by atoms with van der Waals surface area (Å²) in [6.45, 7) is 7.58. The van der Waals surface area contributed by atoms with Gasteiger partial charge in [0.1, 0.15) is 24.7 Å². The van der Waals surface area contributed by atoms with Crippen molar-refractivity contribution < 1.29 is 184 Å². The fourth-order valence-electron chi connectivity index (χ4n) is 4.31. The van der Waals surface area contributed by atoms with Crippen LogP contribution in [0.5, 0.6) is 11.5 Å². The number of carbonyl (C=O) groups is 2. The Kier molecular flexibility index (Phi) is 28.5. The summed E-state index contributed by atoms with van der Waals surface area (Å²) in [4.78, 5) is 27.0. The standard InChI is InChI=1S/C28H28N4O4.C2H6OS.2Hg.4HI/c1-3-29-11-13-31(19-29)15-17-35-23-9-5-7-21-25(23)28(34)26-22(27(21)33)8-6-10-24(26)36-18-16-32-14-12-30(4-2)20-32;1-4(2)3;;;;;;/h5-14H,3-4,15-18H2,1-2H3;1-2H3;;;4*1H/q;;2*+2;;;;/p-4. The van der Waals surface area contributed by atoms with Crippen LogP contribution >= 0.6 is 0 Å². The average molecular weight is 1470 g/mol. The van der Waals surface area contributed by atoms with Gasteiger partial charge in [-0.2, -0.15) is 0 Å². The molecule has 0 saturated heterocycles. The average Bonchev–Trinajstić information content (AvgIpc) is 3.60. The number of benzene rings is 2. The Morgan fingerprint density at radius 2 is 1.22 bits per heavy atom. The second kappa shape index (κ2) is 25.7. The largest absolute Gasteiger partial charge is 2.00 e. The van der Waals surface area contributed by atoms with Gasteiger partial charge < -0.3 is 124 Å². The number of nitrogens with zero attached hydrogens (tertiary/aromatic N) is 4. The number of aromatic nitrogens is 4. The molecule has 16 heteroatoms. The Hall–Kier alpha value is 0.740. The molecule has 0 aliphatic heterocycles. The van der Waals surface area contributed by atoms with Crippen LogP contribution < -0.4 is 115 Å². The summed E-state index contributed by atoms with van der Waals surface area (Å²) < 4.78 is 29.3. The number of ether oxygens (including phenoxy) is 2. The molecular formula is C30H34Hg2I4N4O5S. The van der Waals surface area contributed by atoms with E-state index in [1.165, 1.54) is 0 Å². The van der Waals surface area contributed by atoms with Crippen molar-refractivity contribution in [3.63, 3.8) is 0 Å². The maximum absolute atomic E-state index is 13.7. The monoisotopic (exact) mass is 1470 g/mol. The van der Waals surface area contributed by atoms with Gasteiger partial charge >= 0.3 is 55.3 Å². The molecule has 242 valence electrons. The third-order valence-corrected chi connectivity index (χ3v) is 6.22. The fourth-order valence-corrected chi connectivity index (χ4v) is 4.31. The predicted molar refractivity (Wildman–Crippen MR) is 149 cm³/mol. The van der Waals surface area contributed by atoms with Crippen molar-refractivity contribution in [3.05, 3.63) is 96.1 Å². The van der Waals surface area contributed by atoms with Crippen LogP contribution in [0.1, 0.15) is 45.7 Å². The van der Waals surface area contributed by atoms with Crippen molar-refractivity contribution >= 4 is 22.4 Å². The normalized spacial score (nSPS) is 10.5. The summed E-state index contributed by atoms with van der Waals surface area (Å²) in [5, 5.41) is 0. The zero-order valence-electron chi connectivity index (χ0n) is 26.2. The fraction of sp³-hybridized carbons (Fsp3) is 0.333. The SMILES string of the molecule is CCn1[c-][n+](CCOc2cccc3c2C(=O)c2c(OCCn4[c-][n+](CC)cc4)cccc2C3=O)cc1.CS(C)=O.[Hg+2].[Hg+2].[I-].[I-].[I-].[I-]. The summed E-state index contributed by atoms with van der Waals surface area (Å²) in [5.41, 5.74) is 1.27. The van der Waals surface area contributed by atoms with E-state index in [9.17, 15) is 13.8 Å². The number of hydrogen-bond acceptors (Lipinski definition) is 5. The van der Waals surface area contributed by atoms with Gasteiger partial charge in [0.15, 0.2) is 5.78 Å². The van der Waals surface area contributed by atoms with Crippen LogP contribution in [0.3, 0.4) is 0 Å². The van der Waals surface area contributed by atoms with E-state index in [2.05, 4.69) is 12.7 Å². The van der Waals surface area contributed by atoms with Crippen molar-refractivity contribution in [1.29, 1.82) is 0 Å². The molecule has 46 heavy (non-hydrogen) atoms. The third kappa shape index (κ3) is 13.8. The number of aryl methyl sites for hydroxylation is 2. The molecule has 0 spiro atoms. The van der Waals surface area contributed by atoms with Gasteiger partial charge in [-0.3, -0.25) is 13.8 Å². The van der Waals surface area contributed by atoms with Crippen molar-refractivity contribution in [2.75, 3.05) is 25.7 Å². The summed E-state index contributed by atoms with van der Waals surface area (Å²) in [5.74, 6) is 0.320. The first kappa shape index (κ1) is 51.1. The Balaban J connectivity index is -0.00000175. The van der Waals surface area contributed by atoms with E-state index >= 15 is 0 Å². The first-order valence-corrected chi connectivity index (χ1v) is 15.1. The van der Waals surface area contributed by atoms with Crippen LogP contribution in [0.2, 0.25) is 0 Å². The van der Waals surface area contributed by atoms with Gasteiger partial charge in [0.25, 0.3) is 0 Å². The molecule has 2 heterocycles. The minimum Gasteiger partial charge on any atom is -1.00 e. The second-order valence-electron chi connectivity index (χ2n) is 9.21. The van der Waals surface area contributed by atoms with Crippen LogP contribution in [0.25, 0.3) is 0 Å². The molecule has 2 aromatic carbocycles. The van der Waals surface area contributed by atoms with Crippen molar-refractivity contribution in [2.45, 2.75) is 40.0 Å². The van der Waals surface area contributed by atoms with E-state index in [0.717, 1.165) is 13.1 Å². The molecule has 0 fully saturated rings. The molecular weight excluding hydrogens is 1440 g/mol. The molecule has 2 aromatic heterocycles. The third-order valence-electron chi connectivity index (χ3n) is 6.22. The zero-order valence-corrected chi connectivity index (χ0v) is 46.6. The Morgan fingerprint density at radius 1 is 0.739 bits per heavy atom. The minimum atomic E-state index is -0.611. The molecule has 0 bridgehead atoms. The van der Waals surface area contributed by atoms with Gasteiger partial charge in [0, 0.05) is 34.4 Å². The predicted octanol–water partition coefficient (Wildman–Crippen LogP) is -9.56. The summed E-state index contributed by atoms with van der Waals surface area (Å²) in [6.07, 6.45) is 17.4. The second-order valence-corrected chi connectivity index (χ2v) is 10.7. The smallest absolute Gasteiger partial charge is 1.00 e. The van der Waals surface area contributed by atoms with Crippen molar-refractivity contribution in [3.8, 4) is 11.5 Å². The van der Waals surface area contributed by atoms with E-state index in [1.807, 2.05) is 56.9 Å². The van der Waals surface area contributed by atoms with Crippen LogP contribution in [-0.4, -0.2) is 50.6 Å². The minimum absolute atomic E-state index is 0.